The monoisotopic (exact) mass is 326 g/mol. The summed E-state index contributed by atoms with van der Waals surface area (Å²) in [4.78, 5) is 16.3. The number of rotatable bonds is 0. The molecule has 0 saturated carbocycles. The van der Waals surface area contributed by atoms with Gasteiger partial charge < -0.3 is 9.97 Å². The molecule has 4 nitrogen and oxygen atoms in total. The highest BCUT2D eigenvalue weighted by Crippen LogP contribution is 2.32. The summed E-state index contributed by atoms with van der Waals surface area (Å²) in [5.41, 5.74) is 8.10. The third-order valence-electron chi connectivity index (χ3n) is 4.99. The van der Waals surface area contributed by atoms with Crippen molar-refractivity contribution in [2.45, 2.75) is 19.3 Å². The quantitative estimate of drug-likeness (QED) is 0.714. The molecule has 2 N–H and O–H groups in total. The van der Waals surface area contributed by atoms with Crippen LogP contribution in [0.5, 0.6) is 0 Å². The minimum atomic E-state index is -0.173. The van der Waals surface area contributed by atoms with Gasteiger partial charge in [0.2, 0.25) is 0 Å². The van der Waals surface area contributed by atoms with E-state index >= 15 is 0 Å². The predicted octanol–water partition coefficient (Wildman–Crippen LogP) is 4.55. The van der Waals surface area contributed by atoms with Crippen molar-refractivity contribution in [1.29, 1.82) is 0 Å². The summed E-state index contributed by atoms with van der Waals surface area (Å²) >= 11 is 0. The van der Waals surface area contributed by atoms with Crippen molar-refractivity contribution in [3.63, 3.8) is 0 Å². The lowest BCUT2D eigenvalue weighted by Crippen LogP contribution is -2.26. The van der Waals surface area contributed by atoms with E-state index in [-0.39, 0.29) is 5.41 Å². The second-order valence-electron chi connectivity index (χ2n) is 7.09. The number of hydrogen-bond donors (Lipinski definition) is 2. The van der Waals surface area contributed by atoms with Crippen molar-refractivity contribution in [2.75, 3.05) is 0 Å². The minimum absolute atomic E-state index is 0.173. The second-order valence-corrected chi connectivity index (χ2v) is 7.09. The first-order valence-corrected chi connectivity index (χ1v) is 8.44. The number of allylic oxidation sites excluding steroid dienone is 5. The Labute approximate surface area is 146 Å². The van der Waals surface area contributed by atoms with Gasteiger partial charge in [-0.05, 0) is 60.2 Å². The van der Waals surface area contributed by atoms with Gasteiger partial charge in [-0.3, -0.25) is 4.99 Å². The van der Waals surface area contributed by atoms with Crippen molar-refractivity contribution in [3.05, 3.63) is 77.4 Å². The van der Waals surface area contributed by atoms with Crippen molar-refractivity contribution in [3.8, 4) is 11.4 Å². The lowest BCUT2D eigenvalue weighted by molar-refractivity contribution is 0.723. The molecule has 0 atom stereocenters. The molecule has 8 bridgehead atoms. The van der Waals surface area contributed by atoms with Crippen LogP contribution in [0.2, 0.25) is 0 Å². The molecule has 0 amide bonds. The molecule has 0 radical (unpaired) electrons. The number of aromatic amines is 2. The molecule has 0 saturated heterocycles. The third-order valence-corrected chi connectivity index (χ3v) is 4.99. The molecule has 0 aromatic carbocycles. The van der Waals surface area contributed by atoms with Gasteiger partial charge in [0, 0.05) is 17.3 Å². The van der Waals surface area contributed by atoms with E-state index in [0.717, 1.165) is 39.9 Å². The summed E-state index contributed by atoms with van der Waals surface area (Å²) < 4.78 is 0. The fourth-order valence-corrected chi connectivity index (χ4v) is 3.38. The Morgan fingerprint density at radius 3 is 2.64 bits per heavy atom. The Kier molecular flexibility index (Phi) is 2.80. The van der Waals surface area contributed by atoms with E-state index in [1.807, 2.05) is 18.2 Å². The number of nitrogens with zero attached hydrogens (tertiary/aromatic N) is 2. The summed E-state index contributed by atoms with van der Waals surface area (Å²) in [6, 6.07) is 6.37. The molecule has 4 heteroatoms. The average molecular weight is 326 g/mol. The molecule has 25 heavy (non-hydrogen) atoms. The van der Waals surface area contributed by atoms with Crippen LogP contribution in [0.3, 0.4) is 0 Å². The van der Waals surface area contributed by atoms with Gasteiger partial charge in [-0.15, -0.1) is 0 Å². The first-order chi connectivity index (χ1) is 12.1. The molecular formula is C21H18N4. The Morgan fingerprint density at radius 1 is 0.880 bits per heavy atom. The van der Waals surface area contributed by atoms with Crippen LogP contribution in [-0.4, -0.2) is 21.4 Å². The van der Waals surface area contributed by atoms with Crippen LogP contribution >= 0.6 is 0 Å². The summed E-state index contributed by atoms with van der Waals surface area (Å²) in [6.07, 6.45) is 14.4. The summed E-state index contributed by atoms with van der Waals surface area (Å²) in [7, 11) is 0. The van der Waals surface area contributed by atoms with E-state index in [4.69, 9.17) is 4.99 Å². The molecule has 3 aliphatic rings. The van der Waals surface area contributed by atoms with E-state index < -0.39 is 0 Å². The van der Waals surface area contributed by atoms with Gasteiger partial charge in [0.15, 0.2) is 0 Å². The maximum absolute atomic E-state index is 4.83. The van der Waals surface area contributed by atoms with E-state index in [9.17, 15) is 0 Å². The van der Waals surface area contributed by atoms with Gasteiger partial charge in [0.25, 0.3) is 0 Å². The fourth-order valence-electron chi connectivity index (χ4n) is 3.38. The Hall–Kier alpha value is -3.14. The Morgan fingerprint density at radius 2 is 1.72 bits per heavy atom. The zero-order valence-electron chi connectivity index (χ0n) is 14.2. The van der Waals surface area contributed by atoms with Crippen LogP contribution in [0.4, 0.5) is 0 Å². The zero-order valence-corrected chi connectivity index (χ0v) is 14.2. The molecule has 5 heterocycles. The minimum Gasteiger partial charge on any atom is -0.360 e. The van der Waals surface area contributed by atoms with Crippen molar-refractivity contribution in [1.82, 2.24) is 9.97 Å². The molecule has 2 aromatic heterocycles. The van der Waals surface area contributed by atoms with E-state index in [0.29, 0.717) is 0 Å². The molecule has 2 aromatic rings. The lowest BCUT2D eigenvalue weighted by Gasteiger charge is -2.22. The van der Waals surface area contributed by atoms with Crippen LogP contribution in [0.15, 0.2) is 76.2 Å². The van der Waals surface area contributed by atoms with Crippen molar-refractivity contribution >= 4 is 17.5 Å². The van der Waals surface area contributed by atoms with E-state index in [2.05, 4.69) is 71.4 Å². The van der Waals surface area contributed by atoms with Crippen LogP contribution in [0, 0.1) is 0 Å². The molecule has 0 spiro atoms. The summed E-state index contributed by atoms with van der Waals surface area (Å²) in [6.45, 7) is 4.41. The number of aromatic nitrogens is 2. The number of H-pyrrole nitrogens is 2. The number of fused-ring (bicyclic) bond motifs is 7. The topological polar surface area (TPSA) is 56.3 Å². The average Bonchev–Trinajstić information content (AvgIpc) is 3.34. The number of hydrogen-bond acceptors (Lipinski definition) is 2. The largest absolute Gasteiger partial charge is 0.360 e. The van der Waals surface area contributed by atoms with Gasteiger partial charge in [0.1, 0.15) is 0 Å². The number of nitrogens with one attached hydrogen (secondary N) is 2. The Balaban J connectivity index is 1.72. The van der Waals surface area contributed by atoms with E-state index in [1.165, 1.54) is 5.56 Å². The first-order valence-electron chi connectivity index (χ1n) is 8.44. The highest BCUT2D eigenvalue weighted by atomic mass is 14.8. The number of aliphatic imine (C=N–C) groups is 2. The van der Waals surface area contributed by atoms with Crippen LogP contribution < -0.4 is 0 Å². The first kappa shape index (κ1) is 14.2. The van der Waals surface area contributed by atoms with Crippen LogP contribution in [0.25, 0.3) is 17.5 Å². The Bertz CT molecular complexity index is 1060. The summed E-state index contributed by atoms with van der Waals surface area (Å²) in [5, 5.41) is 0. The molecule has 0 unspecified atom stereocenters. The predicted molar refractivity (Wildman–Crippen MR) is 103 cm³/mol. The molecule has 5 rings (SSSR count). The fraction of sp³-hybridized carbons (Fsp3) is 0.143. The SMILES string of the molecule is CC1(C)C2=N/C(=C\C3=NC(=C\c4ccc([nH]4)-c4cc1c[nH]4)/C=C3)C=C2. The summed E-state index contributed by atoms with van der Waals surface area (Å²) in [5.74, 6) is 0. The smallest absolute Gasteiger partial charge is 0.0659 e. The molecular weight excluding hydrogens is 308 g/mol. The van der Waals surface area contributed by atoms with Gasteiger partial charge >= 0.3 is 0 Å². The highest BCUT2D eigenvalue weighted by Gasteiger charge is 2.29. The van der Waals surface area contributed by atoms with Gasteiger partial charge in [-0.25, -0.2) is 4.99 Å². The van der Waals surface area contributed by atoms with Gasteiger partial charge in [0.05, 0.1) is 34.2 Å². The van der Waals surface area contributed by atoms with Crippen molar-refractivity contribution < 1.29 is 0 Å². The van der Waals surface area contributed by atoms with Crippen molar-refractivity contribution in [2.24, 2.45) is 9.98 Å². The maximum atomic E-state index is 4.83. The third kappa shape index (κ3) is 2.30. The normalized spacial score (nSPS) is 23.9. The zero-order chi connectivity index (χ0) is 17.0. The molecule has 122 valence electrons. The molecule has 3 aliphatic heterocycles. The van der Waals surface area contributed by atoms with Gasteiger partial charge in [-0.1, -0.05) is 13.8 Å². The maximum Gasteiger partial charge on any atom is 0.0659 e. The van der Waals surface area contributed by atoms with Crippen LogP contribution in [0.1, 0.15) is 25.1 Å². The van der Waals surface area contributed by atoms with E-state index in [1.54, 1.807) is 0 Å². The second kappa shape index (κ2) is 4.93. The molecule has 0 aliphatic carbocycles. The highest BCUT2D eigenvalue weighted by molar-refractivity contribution is 6.10. The van der Waals surface area contributed by atoms with Crippen LogP contribution in [-0.2, 0) is 5.41 Å². The van der Waals surface area contributed by atoms with Gasteiger partial charge in [-0.2, -0.15) is 0 Å². The standard InChI is InChI=1S/C21H18N4/c1-21(2)13-9-19(22-12-13)18-7-5-16(24-18)10-14-3-4-15(23-14)11-17-6-8-20(21)25-17/h3-12,22,24H,1-2H3/b14-10-,17-11-. The molecule has 0 fully saturated rings. The lowest BCUT2D eigenvalue weighted by atomic mass is 9.81.